The van der Waals surface area contributed by atoms with Crippen molar-refractivity contribution in [2.75, 3.05) is 6.61 Å². The van der Waals surface area contributed by atoms with Crippen molar-refractivity contribution in [3.05, 3.63) is 35.9 Å². The molecule has 1 aromatic carbocycles. The number of benzene rings is 1. The molecule has 3 nitrogen and oxygen atoms in total. The SMILES string of the molecule is O=C(O)C(Br)COCc1ccccc1. The molecule has 1 unspecified atom stereocenters. The van der Waals surface area contributed by atoms with Gasteiger partial charge in [0.05, 0.1) is 13.2 Å². The maximum Gasteiger partial charge on any atom is 0.319 e. The number of halogens is 1. The van der Waals surface area contributed by atoms with E-state index >= 15 is 0 Å². The monoisotopic (exact) mass is 258 g/mol. The summed E-state index contributed by atoms with van der Waals surface area (Å²) in [6, 6.07) is 9.63. The van der Waals surface area contributed by atoms with E-state index in [1.165, 1.54) is 0 Å². The minimum Gasteiger partial charge on any atom is -0.480 e. The Hall–Kier alpha value is -0.870. The number of ether oxygens (including phenoxy) is 1. The molecule has 0 saturated carbocycles. The van der Waals surface area contributed by atoms with Gasteiger partial charge in [0.25, 0.3) is 0 Å². The third kappa shape index (κ3) is 3.89. The van der Waals surface area contributed by atoms with Gasteiger partial charge < -0.3 is 9.84 Å². The molecule has 1 N–H and O–H groups in total. The predicted molar refractivity (Wildman–Crippen MR) is 56.4 cm³/mol. The number of alkyl halides is 1. The number of carboxylic acid groups (broad SMARTS) is 1. The maximum atomic E-state index is 10.4. The predicted octanol–water partition coefficient (Wildman–Crippen LogP) is 2.05. The van der Waals surface area contributed by atoms with Crippen molar-refractivity contribution in [3.63, 3.8) is 0 Å². The molecule has 0 heterocycles. The molecule has 76 valence electrons. The minimum absolute atomic E-state index is 0.171. The van der Waals surface area contributed by atoms with E-state index in [-0.39, 0.29) is 6.61 Å². The van der Waals surface area contributed by atoms with E-state index in [1.54, 1.807) is 0 Å². The van der Waals surface area contributed by atoms with Crippen molar-refractivity contribution in [3.8, 4) is 0 Å². The van der Waals surface area contributed by atoms with Gasteiger partial charge in [0.1, 0.15) is 4.83 Å². The third-order valence-corrected chi connectivity index (χ3v) is 2.30. The summed E-state index contributed by atoms with van der Waals surface area (Å²) in [6.07, 6.45) is 0. The molecule has 0 aromatic heterocycles. The second-order valence-corrected chi connectivity index (χ2v) is 3.91. The zero-order valence-electron chi connectivity index (χ0n) is 7.52. The summed E-state index contributed by atoms with van der Waals surface area (Å²) in [4.78, 5) is 9.78. The first-order chi connectivity index (χ1) is 6.70. The lowest BCUT2D eigenvalue weighted by molar-refractivity contribution is -0.137. The molecule has 1 atom stereocenters. The number of aliphatic carboxylic acids is 1. The Balaban J connectivity index is 2.26. The van der Waals surface area contributed by atoms with Crippen molar-refractivity contribution in [1.29, 1.82) is 0 Å². The zero-order chi connectivity index (χ0) is 10.4. The molecular weight excluding hydrogens is 248 g/mol. The van der Waals surface area contributed by atoms with Crippen molar-refractivity contribution in [2.24, 2.45) is 0 Å². The van der Waals surface area contributed by atoms with Crippen LogP contribution in [0.5, 0.6) is 0 Å². The summed E-state index contributed by atoms with van der Waals surface area (Å²) < 4.78 is 5.22. The van der Waals surface area contributed by atoms with Crippen LogP contribution in [0.3, 0.4) is 0 Å². The average Bonchev–Trinajstić information content (AvgIpc) is 2.19. The Morgan fingerprint density at radius 2 is 2.07 bits per heavy atom. The minimum atomic E-state index is -0.905. The van der Waals surface area contributed by atoms with Gasteiger partial charge in [-0.3, -0.25) is 4.79 Å². The molecule has 14 heavy (non-hydrogen) atoms. The van der Waals surface area contributed by atoms with Gasteiger partial charge in [-0.1, -0.05) is 46.3 Å². The number of hydrogen-bond acceptors (Lipinski definition) is 2. The fraction of sp³-hybridized carbons (Fsp3) is 0.300. The first-order valence-electron chi connectivity index (χ1n) is 4.18. The lowest BCUT2D eigenvalue weighted by Crippen LogP contribution is -2.19. The van der Waals surface area contributed by atoms with E-state index in [4.69, 9.17) is 9.84 Å². The Kier molecular flexibility index (Phi) is 4.62. The lowest BCUT2D eigenvalue weighted by Gasteiger charge is -2.06. The van der Waals surface area contributed by atoms with Crippen LogP contribution in [0.1, 0.15) is 5.56 Å². The van der Waals surface area contributed by atoms with Crippen LogP contribution in [0, 0.1) is 0 Å². The topological polar surface area (TPSA) is 46.5 Å². The standard InChI is InChI=1S/C10H11BrO3/c11-9(10(12)13)7-14-6-8-4-2-1-3-5-8/h1-5,9H,6-7H2,(H,12,13). The largest absolute Gasteiger partial charge is 0.480 e. The molecule has 1 rings (SSSR count). The van der Waals surface area contributed by atoms with E-state index in [2.05, 4.69) is 15.9 Å². The maximum absolute atomic E-state index is 10.4. The Bertz CT molecular complexity index is 287. The van der Waals surface area contributed by atoms with Crippen molar-refractivity contribution < 1.29 is 14.6 Å². The number of carbonyl (C=O) groups is 1. The summed E-state index contributed by atoms with van der Waals surface area (Å²) >= 11 is 2.99. The van der Waals surface area contributed by atoms with E-state index in [0.717, 1.165) is 5.56 Å². The van der Waals surface area contributed by atoms with Gasteiger partial charge in [-0.05, 0) is 5.56 Å². The smallest absolute Gasteiger partial charge is 0.319 e. The highest BCUT2D eigenvalue weighted by Crippen LogP contribution is 2.04. The quantitative estimate of drug-likeness (QED) is 0.823. The van der Waals surface area contributed by atoms with Gasteiger partial charge in [-0.2, -0.15) is 0 Å². The normalized spacial score (nSPS) is 12.4. The molecule has 0 aliphatic carbocycles. The summed E-state index contributed by atoms with van der Waals surface area (Å²) in [6.45, 7) is 0.612. The van der Waals surface area contributed by atoms with Crippen LogP contribution >= 0.6 is 15.9 Å². The summed E-state index contributed by atoms with van der Waals surface area (Å²) in [5.74, 6) is -0.905. The highest BCUT2D eigenvalue weighted by Gasteiger charge is 2.12. The molecule has 0 aliphatic heterocycles. The molecule has 4 heteroatoms. The average molecular weight is 259 g/mol. The van der Waals surface area contributed by atoms with Crippen molar-refractivity contribution in [1.82, 2.24) is 0 Å². The van der Waals surface area contributed by atoms with E-state index in [9.17, 15) is 4.79 Å². The lowest BCUT2D eigenvalue weighted by atomic mass is 10.2. The summed E-state index contributed by atoms with van der Waals surface area (Å²) in [7, 11) is 0. The third-order valence-electron chi connectivity index (χ3n) is 1.64. The van der Waals surface area contributed by atoms with Crippen LogP contribution < -0.4 is 0 Å². The fourth-order valence-electron chi connectivity index (χ4n) is 0.926. The summed E-state index contributed by atoms with van der Waals surface area (Å²) in [5.41, 5.74) is 1.04. The molecule has 0 radical (unpaired) electrons. The Morgan fingerprint density at radius 3 is 2.64 bits per heavy atom. The molecule has 0 amide bonds. The Morgan fingerprint density at radius 1 is 1.43 bits per heavy atom. The first-order valence-corrected chi connectivity index (χ1v) is 5.10. The second kappa shape index (κ2) is 5.78. The molecular formula is C10H11BrO3. The van der Waals surface area contributed by atoms with Crippen LogP contribution in [0.2, 0.25) is 0 Å². The van der Waals surface area contributed by atoms with Crippen molar-refractivity contribution in [2.45, 2.75) is 11.4 Å². The van der Waals surface area contributed by atoms with Crippen LogP contribution in [-0.4, -0.2) is 22.5 Å². The van der Waals surface area contributed by atoms with Gasteiger partial charge >= 0.3 is 5.97 Å². The van der Waals surface area contributed by atoms with E-state index in [1.807, 2.05) is 30.3 Å². The Labute approximate surface area is 90.8 Å². The van der Waals surface area contributed by atoms with Gasteiger partial charge in [-0.25, -0.2) is 0 Å². The van der Waals surface area contributed by atoms with Gasteiger partial charge in [-0.15, -0.1) is 0 Å². The van der Waals surface area contributed by atoms with Crippen LogP contribution in [0.4, 0.5) is 0 Å². The molecule has 1 aromatic rings. The molecule has 0 fully saturated rings. The molecule has 0 aliphatic rings. The van der Waals surface area contributed by atoms with Crippen LogP contribution in [0.25, 0.3) is 0 Å². The van der Waals surface area contributed by atoms with Crippen LogP contribution in [-0.2, 0) is 16.1 Å². The highest BCUT2D eigenvalue weighted by atomic mass is 79.9. The molecule has 0 saturated heterocycles. The van der Waals surface area contributed by atoms with Gasteiger partial charge in [0.15, 0.2) is 0 Å². The number of carboxylic acids is 1. The van der Waals surface area contributed by atoms with Gasteiger partial charge in [0, 0.05) is 0 Å². The number of rotatable bonds is 5. The second-order valence-electron chi connectivity index (χ2n) is 2.81. The van der Waals surface area contributed by atoms with Gasteiger partial charge in [0.2, 0.25) is 0 Å². The molecule has 0 spiro atoms. The highest BCUT2D eigenvalue weighted by molar-refractivity contribution is 9.10. The van der Waals surface area contributed by atoms with E-state index < -0.39 is 10.8 Å². The van der Waals surface area contributed by atoms with Crippen LogP contribution in [0.15, 0.2) is 30.3 Å². The molecule has 0 bridgehead atoms. The fourth-order valence-corrected chi connectivity index (χ4v) is 1.11. The summed E-state index contributed by atoms with van der Waals surface area (Å²) in [5, 5.41) is 8.55. The zero-order valence-corrected chi connectivity index (χ0v) is 9.11. The van der Waals surface area contributed by atoms with E-state index in [0.29, 0.717) is 6.61 Å². The first kappa shape index (κ1) is 11.2. The van der Waals surface area contributed by atoms with Crippen molar-refractivity contribution >= 4 is 21.9 Å². The number of hydrogen-bond donors (Lipinski definition) is 1.